The van der Waals surface area contributed by atoms with Crippen LogP contribution in [-0.4, -0.2) is 29.5 Å². The molecule has 0 aliphatic heterocycles. The first-order chi connectivity index (χ1) is 12.8. The van der Waals surface area contributed by atoms with E-state index in [9.17, 15) is 14.0 Å². The summed E-state index contributed by atoms with van der Waals surface area (Å²) >= 11 is 5.61. The van der Waals surface area contributed by atoms with Crippen LogP contribution in [0.3, 0.4) is 0 Å². The van der Waals surface area contributed by atoms with Gasteiger partial charge in [-0.05, 0) is 44.4 Å². The second-order valence-corrected chi connectivity index (χ2v) is 7.80. The minimum Gasteiger partial charge on any atom is -0.484 e. The molecule has 3 saturated carbocycles. The summed E-state index contributed by atoms with van der Waals surface area (Å²) in [7, 11) is 0. The van der Waals surface area contributed by atoms with Crippen molar-refractivity contribution in [1.82, 2.24) is 10.6 Å². The summed E-state index contributed by atoms with van der Waals surface area (Å²) in [6, 6.07) is 5.75. The van der Waals surface area contributed by atoms with Crippen molar-refractivity contribution in [2.75, 3.05) is 6.61 Å². The summed E-state index contributed by atoms with van der Waals surface area (Å²) in [5.41, 5.74) is 0.221. The van der Waals surface area contributed by atoms with E-state index in [0.717, 1.165) is 11.6 Å². The Morgan fingerprint density at radius 2 is 1.93 bits per heavy atom. The summed E-state index contributed by atoms with van der Waals surface area (Å²) < 4.78 is 23.9. The predicted octanol–water partition coefficient (Wildman–Crippen LogP) is 2.98. The van der Waals surface area contributed by atoms with Crippen LogP contribution in [0.15, 0.2) is 34.9 Å². The number of rotatable bonds is 6. The third-order valence-corrected chi connectivity index (χ3v) is 5.45. The van der Waals surface area contributed by atoms with Gasteiger partial charge in [-0.25, -0.2) is 4.39 Å². The normalized spacial score (nSPS) is 25.1. The van der Waals surface area contributed by atoms with Gasteiger partial charge in [-0.15, -0.1) is 0 Å². The molecule has 1 aromatic heterocycles. The molecular weight excluding hydrogens is 375 g/mol. The molecule has 0 radical (unpaired) electrons. The smallest absolute Gasteiger partial charge is 0.287 e. The maximum atomic E-state index is 13.4. The fourth-order valence-electron chi connectivity index (χ4n) is 4.00. The molecular formula is C19H18ClFN2O4. The molecule has 3 fully saturated rings. The van der Waals surface area contributed by atoms with E-state index in [0.29, 0.717) is 25.0 Å². The molecule has 0 atom stereocenters. The number of hydrogen-bond donors (Lipinski definition) is 2. The third kappa shape index (κ3) is 3.27. The first-order valence-corrected chi connectivity index (χ1v) is 8.93. The fraction of sp³-hybridized carbons (Fsp3) is 0.368. The lowest BCUT2D eigenvalue weighted by molar-refractivity contribution is -0.141. The minimum absolute atomic E-state index is 0.00208. The first kappa shape index (κ1) is 17.9. The van der Waals surface area contributed by atoms with E-state index < -0.39 is 5.82 Å². The Kier molecular flexibility index (Phi) is 4.14. The summed E-state index contributed by atoms with van der Waals surface area (Å²) in [6.07, 6.45) is 3.51. The highest BCUT2D eigenvalue weighted by Gasteiger charge is 2.69. The van der Waals surface area contributed by atoms with Gasteiger partial charge in [-0.1, -0.05) is 11.6 Å². The van der Waals surface area contributed by atoms with Gasteiger partial charge >= 0.3 is 0 Å². The zero-order valence-corrected chi connectivity index (χ0v) is 15.4. The average molecular weight is 393 g/mol. The highest BCUT2D eigenvalue weighted by molar-refractivity contribution is 6.30. The van der Waals surface area contributed by atoms with Crippen LogP contribution in [0.4, 0.5) is 4.39 Å². The van der Waals surface area contributed by atoms with Gasteiger partial charge in [0.05, 0.1) is 11.3 Å². The quantitative estimate of drug-likeness (QED) is 0.792. The van der Waals surface area contributed by atoms with Crippen molar-refractivity contribution < 1.29 is 23.1 Å². The van der Waals surface area contributed by atoms with Crippen molar-refractivity contribution in [2.45, 2.75) is 37.3 Å². The van der Waals surface area contributed by atoms with Crippen LogP contribution in [0.1, 0.15) is 35.4 Å². The number of halogens is 2. The Morgan fingerprint density at radius 3 is 2.56 bits per heavy atom. The maximum absolute atomic E-state index is 13.4. The second kappa shape index (κ2) is 6.27. The molecule has 142 valence electrons. The number of ether oxygens (including phenoxy) is 1. The average Bonchev–Trinajstić information content (AvgIpc) is 2.99. The molecule has 3 aliphatic carbocycles. The van der Waals surface area contributed by atoms with Gasteiger partial charge in [0.25, 0.3) is 11.8 Å². The van der Waals surface area contributed by atoms with Crippen LogP contribution in [-0.2, 0) is 4.79 Å². The van der Waals surface area contributed by atoms with Gasteiger partial charge in [0, 0.05) is 22.7 Å². The number of carbonyl (C=O) groups excluding carboxylic acids is 2. The topological polar surface area (TPSA) is 80.6 Å². The molecule has 8 heteroatoms. The predicted molar refractivity (Wildman–Crippen MR) is 95.3 cm³/mol. The Balaban J connectivity index is 1.24. The molecule has 2 bridgehead atoms. The third-order valence-electron chi connectivity index (χ3n) is 5.14. The first-order valence-electron chi connectivity index (χ1n) is 8.55. The van der Waals surface area contributed by atoms with E-state index >= 15 is 0 Å². The zero-order valence-electron chi connectivity index (χ0n) is 14.6. The van der Waals surface area contributed by atoms with E-state index in [4.69, 9.17) is 20.8 Å². The van der Waals surface area contributed by atoms with Crippen LogP contribution >= 0.6 is 11.6 Å². The minimum atomic E-state index is -0.599. The van der Waals surface area contributed by atoms with E-state index in [2.05, 4.69) is 10.6 Å². The number of benzene rings is 1. The zero-order chi connectivity index (χ0) is 19.2. The molecule has 0 unspecified atom stereocenters. The number of nitrogens with one attached hydrogen (secondary N) is 2. The van der Waals surface area contributed by atoms with Crippen LogP contribution < -0.4 is 15.4 Å². The van der Waals surface area contributed by atoms with Crippen molar-refractivity contribution in [3.63, 3.8) is 0 Å². The van der Waals surface area contributed by atoms with Gasteiger partial charge in [-0.2, -0.15) is 0 Å². The molecule has 2 N–H and O–H groups in total. The Labute approximate surface area is 160 Å². The van der Waals surface area contributed by atoms with E-state index in [1.54, 1.807) is 6.07 Å². The summed E-state index contributed by atoms with van der Waals surface area (Å²) in [5.74, 6) is -0.556. The lowest BCUT2D eigenvalue weighted by atomic mass is 9.44. The van der Waals surface area contributed by atoms with Gasteiger partial charge in [0.15, 0.2) is 12.4 Å². The lowest BCUT2D eigenvalue weighted by Crippen LogP contribution is -2.84. The second-order valence-electron chi connectivity index (χ2n) is 7.39. The Bertz CT molecular complexity index is 906. The number of furan rings is 1. The van der Waals surface area contributed by atoms with Crippen LogP contribution in [0.25, 0.3) is 0 Å². The van der Waals surface area contributed by atoms with Crippen LogP contribution in [0.5, 0.6) is 5.75 Å². The molecule has 0 spiro atoms. The highest BCUT2D eigenvalue weighted by Crippen LogP contribution is 2.60. The number of hydrogen-bond acceptors (Lipinski definition) is 4. The molecule has 27 heavy (non-hydrogen) atoms. The van der Waals surface area contributed by atoms with Crippen molar-refractivity contribution in [3.8, 4) is 5.75 Å². The van der Waals surface area contributed by atoms with Crippen LogP contribution in [0.2, 0.25) is 5.02 Å². The standard InChI is InChI=1S/C19H18ClFN2O4/c1-11-4-5-26-16(11)17(25)23-19-8-18(9-19,10-19)22-15(24)7-27-12-2-3-13(20)14(21)6-12/h2-6H,7-10H2,1H3,(H,22,24)(H,23,25). The van der Waals surface area contributed by atoms with Gasteiger partial charge in [0.1, 0.15) is 11.6 Å². The molecule has 1 aromatic carbocycles. The molecule has 0 saturated heterocycles. The van der Waals surface area contributed by atoms with E-state index in [1.165, 1.54) is 18.4 Å². The van der Waals surface area contributed by atoms with Crippen molar-refractivity contribution in [3.05, 3.63) is 52.7 Å². The van der Waals surface area contributed by atoms with Crippen molar-refractivity contribution >= 4 is 23.4 Å². The molecule has 2 amide bonds. The molecule has 1 heterocycles. The fourth-order valence-corrected chi connectivity index (χ4v) is 4.12. The van der Waals surface area contributed by atoms with Crippen LogP contribution in [0, 0.1) is 12.7 Å². The van der Waals surface area contributed by atoms with Gasteiger partial charge < -0.3 is 19.8 Å². The van der Waals surface area contributed by atoms with Crippen molar-refractivity contribution in [2.24, 2.45) is 0 Å². The lowest BCUT2D eigenvalue weighted by Gasteiger charge is -2.70. The SMILES string of the molecule is Cc1ccoc1C(=O)NC12CC(NC(=O)COc3ccc(Cl)c(F)c3)(C1)C2. The Morgan fingerprint density at radius 1 is 1.22 bits per heavy atom. The molecule has 6 nitrogen and oxygen atoms in total. The monoisotopic (exact) mass is 392 g/mol. The summed E-state index contributed by atoms with van der Waals surface area (Å²) in [4.78, 5) is 24.3. The Hall–Kier alpha value is -2.54. The van der Waals surface area contributed by atoms with E-state index in [1.807, 2.05) is 6.92 Å². The number of amides is 2. The number of aryl methyl sites for hydroxylation is 1. The summed E-state index contributed by atoms with van der Waals surface area (Å²) in [6.45, 7) is 1.60. The van der Waals surface area contributed by atoms with Crippen molar-refractivity contribution in [1.29, 1.82) is 0 Å². The summed E-state index contributed by atoms with van der Waals surface area (Å²) in [5, 5.41) is 5.94. The highest BCUT2D eigenvalue weighted by atomic mass is 35.5. The maximum Gasteiger partial charge on any atom is 0.287 e. The van der Waals surface area contributed by atoms with Gasteiger partial charge in [0.2, 0.25) is 0 Å². The largest absolute Gasteiger partial charge is 0.484 e. The van der Waals surface area contributed by atoms with E-state index in [-0.39, 0.29) is 40.3 Å². The molecule has 3 aliphatic rings. The molecule has 5 rings (SSSR count). The molecule has 2 aromatic rings. The number of carbonyl (C=O) groups is 2. The van der Waals surface area contributed by atoms with Gasteiger partial charge in [-0.3, -0.25) is 9.59 Å².